The number of hydrogen-bond acceptors (Lipinski definition) is 0. The van der Waals surface area contributed by atoms with Crippen LogP contribution < -0.4 is 0 Å². The van der Waals surface area contributed by atoms with Gasteiger partial charge in [0.05, 0.1) is 0 Å². The molecule has 1 rings (SSSR count). The van der Waals surface area contributed by atoms with Crippen LogP contribution in [0.4, 0.5) is 0 Å². The molecule has 0 bridgehead atoms. The van der Waals surface area contributed by atoms with Crippen LogP contribution >= 0.6 is 0 Å². The van der Waals surface area contributed by atoms with Crippen molar-refractivity contribution in [1.29, 1.82) is 0 Å². The molecule has 1 aliphatic rings. The highest BCUT2D eigenvalue weighted by atomic mass is 14.3. The molecule has 0 nitrogen and oxygen atoms in total. The van der Waals surface area contributed by atoms with Gasteiger partial charge in [0.2, 0.25) is 0 Å². The van der Waals surface area contributed by atoms with E-state index in [4.69, 9.17) is 0 Å². The van der Waals surface area contributed by atoms with Crippen molar-refractivity contribution in [2.24, 2.45) is 17.3 Å². The van der Waals surface area contributed by atoms with Gasteiger partial charge in [-0.25, -0.2) is 0 Å². The van der Waals surface area contributed by atoms with Crippen molar-refractivity contribution in [1.82, 2.24) is 0 Å². The molecular formula is C16H28. The Morgan fingerprint density at radius 3 is 2.25 bits per heavy atom. The standard InChI is InChI=1S/C16H28/c1-12-9-7-8-10-15(12)11-13(2)14(3)16(4,5)6/h11-12,15H,3,7-10H2,1-2,4-6H3/b13-11+. The van der Waals surface area contributed by atoms with E-state index in [0.717, 1.165) is 11.8 Å². The molecule has 0 aromatic rings. The summed E-state index contributed by atoms with van der Waals surface area (Å²) in [5.74, 6) is 1.64. The Morgan fingerprint density at radius 2 is 1.75 bits per heavy atom. The van der Waals surface area contributed by atoms with Gasteiger partial charge in [-0.05, 0) is 36.2 Å². The van der Waals surface area contributed by atoms with Crippen LogP contribution in [0.5, 0.6) is 0 Å². The second kappa shape index (κ2) is 5.21. The summed E-state index contributed by atoms with van der Waals surface area (Å²) in [7, 11) is 0. The SMILES string of the molecule is C=C(/C(C)=C/C1CCCCC1C)C(C)(C)C. The van der Waals surface area contributed by atoms with Crippen LogP contribution in [0.25, 0.3) is 0 Å². The lowest BCUT2D eigenvalue weighted by molar-refractivity contribution is 0.305. The zero-order valence-corrected chi connectivity index (χ0v) is 11.8. The van der Waals surface area contributed by atoms with Gasteiger partial charge in [0.1, 0.15) is 0 Å². The minimum Gasteiger partial charge on any atom is -0.0950 e. The van der Waals surface area contributed by atoms with E-state index in [0.29, 0.717) is 0 Å². The molecule has 0 aromatic heterocycles. The van der Waals surface area contributed by atoms with E-state index in [-0.39, 0.29) is 5.41 Å². The first kappa shape index (κ1) is 13.5. The fourth-order valence-electron chi connectivity index (χ4n) is 2.61. The molecule has 92 valence electrons. The van der Waals surface area contributed by atoms with E-state index in [9.17, 15) is 0 Å². The van der Waals surface area contributed by atoms with E-state index >= 15 is 0 Å². The van der Waals surface area contributed by atoms with Gasteiger partial charge in [0, 0.05) is 0 Å². The summed E-state index contributed by atoms with van der Waals surface area (Å²) in [5, 5.41) is 0. The molecular weight excluding hydrogens is 192 g/mol. The second-order valence-electron chi connectivity index (χ2n) is 6.50. The zero-order chi connectivity index (χ0) is 12.3. The summed E-state index contributed by atoms with van der Waals surface area (Å²) in [6.07, 6.45) is 8.08. The molecule has 16 heavy (non-hydrogen) atoms. The summed E-state index contributed by atoms with van der Waals surface area (Å²) in [6.45, 7) is 15.6. The van der Waals surface area contributed by atoms with Gasteiger partial charge in [-0.2, -0.15) is 0 Å². The van der Waals surface area contributed by atoms with Gasteiger partial charge in [-0.3, -0.25) is 0 Å². The Kier molecular flexibility index (Phi) is 4.41. The molecule has 0 aliphatic heterocycles. The molecule has 2 unspecified atom stereocenters. The molecule has 1 saturated carbocycles. The number of hydrogen-bond donors (Lipinski definition) is 0. The highest BCUT2D eigenvalue weighted by molar-refractivity contribution is 5.31. The smallest absolute Gasteiger partial charge is 0.0135 e. The van der Waals surface area contributed by atoms with Crippen LogP contribution in [0, 0.1) is 17.3 Å². The number of rotatable bonds is 2. The van der Waals surface area contributed by atoms with Gasteiger partial charge in [-0.15, -0.1) is 0 Å². The lowest BCUT2D eigenvalue weighted by atomic mass is 9.77. The Bertz CT molecular complexity index is 275. The van der Waals surface area contributed by atoms with Crippen LogP contribution in [0.1, 0.15) is 60.3 Å². The lowest BCUT2D eigenvalue weighted by Crippen LogP contribution is -2.16. The van der Waals surface area contributed by atoms with E-state index in [1.807, 2.05) is 0 Å². The first-order valence-electron chi connectivity index (χ1n) is 6.70. The van der Waals surface area contributed by atoms with Crippen molar-refractivity contribution in [3.05, 3.63) is 23.8 Å². The molecule has 0 saturated heterocycles. The normalized spacial score (nSPS) is 27.9. The zero-order valence-electron chi connectivity index (χ0n) is 11.8. The highest BCUT2D eigenvalue weighted by Crippen LogP contribution is 2.35. The Morgan fingerprint density at radius 1 is 1.19 bits per heavy atom. The van der Waals surface area contributed by atoms with Crippen molar-refractivity contribution < 1.29 is 0 Å². The molecule has 0 amide bonds. The molecule has 0 aromatic carbocycles. The average Bonchev–Trinajstić information content (AvgIpc) is 2.19. The maximum Gasteiger partial charge on any atom is -0.0135 e. The van der Waals surface area contributed by atoms with Crippen LogP contribution in [-0.2, 0) is 0 Å². The van der Waals surface area contributed by atoms with Crippen LogP contribution in [0.15, 0.2) is 23.8 Å². The maximum atomic E-state index is 4.25. The van der Waals surface area contributed by atoms with Gasteiger partial charge in [0.15, 0.2) is 0 Å². The topological polar surface area (TPSA) is 0 Å². The molecule has 0 spiro atoms. The summed E-state index contributed by atoms with van der Waals surface area (Å²) in [4.78, 5) is 0. The largest absolute Gasteiger partial charge is 0.0950 e. The minimum absolute atomic E-state index is 0.207. The summed E-state index contributed by atoms with van der Waals surface area (Å²) >= 11 is 0. The Labute approximate surface area is 102 Å². The molecule has 0 N–H and O–H groups in total. The summed E-state index contributed by atoms with van der Waals surface area (Å²) in [6, 6.07) is 0. The fourth-order valence-corrected chi connectivity index (χ4v) is 2.61. The van der Waals surface area contributed by atoms with Crippen LogP contribution in [-0.4, -0.2) is 0 Å². The van der Waals surface area contributed by atoms with Crippen molar-refractivity contribution in [3.8, 4) is 0 Å². The third kappa shape index (κ3) is 3.50. The van der Waals surface area contributed by atoms with Crippen molar-refractivity contribution in [2.75, 3.05) is 0 Å². The molecule has 2 atom stereocenters. The summed E-state index contributed by atoms with van der Waals surface area (Å²) in [5.41, 5.74) is 2.91. The maximum absolute atomic E-state index is 4.25. The molecule has 0 heteroatoms. The van der Waals surface area contributed by atoms with Gasteiger partial charge >= 0.3 is 0 Å². The van der Waals surface area contributed by atoms with Crippen molar-refractivity contribution in [3.63, 3.8) is 0 Å². The Balaban J connectivity index is 2.72. The minimum atomic E-state index is 0.207. The fraction of sp³-hybridized carbons (Fsp3) is 0.750. The van der Waals surface area contributed by atoms with Gasteiger partial charge in [0.25, 0.3) is 0 Å². The monoisotopic (exact) mass is 220 g/mol. The predicted octanol–water partition coefficient (Wildman–Crippen LogP) is 5.36. The third-order valence-corrected chi connectivity index (χ3v) is 4.02. The first-order valence-corrected chi connectivity index (χ1v) is 6.70. The van der Waals surface area contributed by atoms with Crippen LogP contribution in [0.3, 0.4) is 0 Å². The van der Waals surface area contributed by atoms with Crippen molar-refractivity contribution in [2.45, 2.75) is 60.3 Å². The van der Waals surface area contributed by atoms with Crippen molar-refractivity contribution >= 4 is 0 Å². The second-order valence-corrected chi connectivity index (χ2v) is 6.50. The predicted molar refractivity (Wildman–Crippen MR) is 73.5 cm³/mol. The van der Waals surface area contributed by atoms with E-state index in [1.54, 1.807) is 0 Å². The van der Waals surface area contributed by atoms with E-state index in [2.05, 4.69) is 47.3 Å². The first-order chi connectivity index (χ1) is 7.32. The van der Waals surface area contributed by atoms with E-state index < -0.39 is 0 Å². The molecule has 1 aliphatic carbocycles. The van der Waals surface area contributed by atoms with Crippen LogP contribution in [0.2, 0.25) is 0 Å². The third-order valence-electron chi connectivity index (χ3n) is 4.02. The molecule has 1 fully saturated rings. The van der Waals surface area contributed by atoms with E-state index in [1.165, 1.54) is 36.8 Å². The average molecular weight is 220 g/mol. The van der Waals surface area contributed by atoms with Gasteiger partial charge < -0.3 is 0 Å². The Hall–Kier alpha value is -0.520. The lowest BCUT2D eigenvalue weighted by Gasteiger charge is -2.29. The highest BCUT2D eigenvalue weighted by Gasteiger charge is 2.21. The number of allylic oxidation sites excluding steroid dienone is 3. The molecule has 0 radical (unpaired) electrons. The molecule has 0 heterocycles. The quantitative estimate of drug-likeness (QED) is 0.549. The van der Waals surface area contributed by atoms with Gasteiger partial charge in [-0.1, -0.05) is 65.2 Å². The summed E-state index contributed by atoms with van der Waals surface area (Å²) < 4.78 is 0.